The summed E-state index contributed by atoms with van der Waals surface area (Å²) in [6.45, 7) is 16.5. The Morgan fingerprint density at radius 3 is 1.62 bits per heavy atom. The zero-order valence-corrected chi connectivity index (χ0v) is 34.0. The number of aryl methyl sites for hydroxylation is 3. The molecule has 0 heterocycles. The van der Waals surface area contributed by atoms with Crippen LogP contribution in [0, 0.1) is 19.7 Å². The molecule has 4 aromatic carbocycles. The lowest BCUT2D eigenvalue weighted by molar-refractivity contribution is -0.156. The quantitative estimate of drug-likeness (QED) is 0.0678. The van der Waals surface area contributed by atoms with Crippen molar-refractivity contribution in [3.63, 3.8) is 0 Å². The number of carbonyl (C=O) groups excluding carboxylic acids is 4. The first-order valence-corrected chi connectivity index (χ1v) is 19.0. The monoisotopic (exact) mass is 753 g/mol. The topological polar surface area (TPSA) is 90.0 Å². The Hall–Kier alpha value is -5.11. The average molecular weight is 754 g/mol. The Morgan fingerprint density at radius 1 is 0.618 bits per heavy atom. The standard InChI is InChI=1S/C23H29NO3.C16H24O2.C8H7FO/c1-18-12-13-20(17-25)21(15-18)24(16-19-9-6-5-7-10-19)14-8-11-22(26)27-23(2,3)4;1-16(2,3)18-15(17)13-9-5-8-12-14-10-6-4-7-11-14;1-6-2-3-7(5-10)8(9)4-6/h5-7,9-10,12-13,15,17H,8,11,14,16H2,1-4H3;4,6-7,10-11H,5,8-9,12-13H2,1-3H3;2-5H,1H3. The van der Waals surface area contributed by atoms with Crippen LogP contribution in [0.1, 0.15) is 123 Å². The summed E-state index contributed by atoms with van der Waals surface area (Å²) in [5, 5.41) is 0. The summed E-state index contributed by atoms with van der Waals surface area (Å²) >= 11 is 0. The van der Waals surface area contributed by atoms with Crippen LogP contribution in [0.2, 0.25) is 0 Å². The first-order chi connectivity index (χ1) is 26.0. The fraction of sp³-hybridized carbons (Fsp3) is 0.404. The molecule has 0 fully saturated rings. The van der Waals surface area contributed by atoms with Crippen LogP contribution in [-0.2, 0) is 32.0 Å². The van der Waals surface area contributed by atoms with Gasteiger partial charge < -0.3 is 14.4 Å². The second-order valence-corrected chi connectivity index (χ2v) is 15.6. The highest BCUT2D eigenvalue weighted by Gasteiger charge is 2.18. The highest BCUT2D eigenvalue weighted by atomic mass is 19.1. The van der Waals surface area contributed by atoms with Crippen molar-refractivity contribution in [1.82, 2.24) is 0 Å². The van der Waals surface area contributed by atoms with Gasteiger partial charge in [0.25, 0.3) is 0 Å². The van der Waals surface area contributed by atoms with E-state index in [0.29, 0.717) is 44.2 Å². The van der Waals surface area contributed by atoms with Gasteiger partial charge in [0, 0.05) is 37.2 Å². The fourth-order valence-corrected chi connectivity index (χ4v) is 5.46. The molecule has 0 aliphatic rings. The SMILES string of the molecule is CC(C)(C)OC(=O)CCCCCc1ccccc1.Cc1ccc(C=O)c(F)c1.Cc1ccc(C=O)c(N(CCCC(=O)OC(C)(C)C)Cc2ccccc2)c1. The number of hydrogen-bond donors (Lipinski definition) is 0. The minimum absolute atomic E-state index is 0.0813. The molecule has 0 amide bonds. The van der Waals surface area contributed by atoms with Gasteiger partial charge in [-0.05, 0) is 128 Å². The predicted octanol–water partition coefficient (Wildman–Crippen LogP) is 11.0. The van der Waals surface area contributed by atoms with Crippen LogP contribution in [0.5, 0.6) is 0 Å². The third-order valence-corrected chi connectivity index (χ3v) is 7.99. The van der Waals surface area contributed by atoms with Crippen LogP contribution in [-0.4, -0.2) is 42.3 Å². The van der Waals surface area contributed by atoms with Crippen molar-refractivity contribution >= 4 is 30.2 Å². The number of aldehydes is 2. The van der Waals surface area contributed by atoms with Gasteiger partial charge in [0.1, 0.15) is 17.0 Å². The van der Waals surface area contributed by atoms with Crippen molar-refractivity contribution in [3.8, 4) is 0 Å². The molecule has 0 aliphatic heterocycles. The molecule has 296 valence electrons. The van der Waals surface area contributed by atoms with Crippen molar-refractivity contribution in [2.75, 3.05) is 11.4 Å². The van der Waals surface area contributed by atoms with Gasteiger partial charge in [0.2, 0.25) is 0 Å². The number of anilines is 1. The lowest BCUT2D eigenvalue weighted by atomic mass is 10.1. The van der Waals surface area contributed by atoms with Crippen LogP contribution in [0.15, 0.2) is 97.1 Å². The van der Waals surface area contributed by atoms with E-state index in [2.05, 4.69) is 41.3 Å². The molecular formula is C47H60FNO6. The Labute approximate surface area is 328 Å². The molecule has 0 saturated carbocycles. The van der Waals surface area contributed by atoms with E-state index in [0.717, 1.165) is 54.3 Å². The molecule has 0 saturated heterocycles. The van der Waals surface area contributed by atoms with Crippen LogP contribution in [0.3, 0.4) is 0 Å². The molecule has 0 bridgehead atoms. The first kappa shape index (κ1) is 46.0. The first-order valence-electron chi connectivity index (χ1n) is 19.0. The van der Waals surface area contributed by atoms with Crippen molar-refractivity contribution in [1.29, 1.82) is 0 Å². The number of halogens is 1. The number of benzene rings is 4. The van der Waals surface area contributed by atoms with Crippen molar-refractivity contribution in [2.45, 2.75) is 118 Å². The van der Waals surface area contributed by atoms with Gasteiger partial charge in [-0.1, -0.05) is 79.2 Å². The summed E-state index contributed by atoms with van der Waals surface area (Å²) in [7, 11) is 0. The van der Waals surface area contributed by atoms with E-state index < -0.39 is 11.4 Å². The number of hydrogen-bond acceptors (Lipinski definition) is 7. The van der Waals surface area contributed by atoms with Crippen molar-refractivity contribution < 1.29 is 33.0 Å². The van der Waals surface area contributed by atoms with Crippen molar-refractivity contribution in [2.24, 2.45) is 0 Å². The Morgan fingerprint density at radius 2 is 1.11 bits per heavy atom. The van der Waals surface area contributed by atoms with Gasteiger partial charge in [-0.25, -0.2) is 4.39 Å². The fourth-order valence-electron chi connectivity index (χ4n) is 5.46. The second-order valence-electron chi connectivity index (χ2n) is 15.6. The molecule has 0 N–H and O–H groups in total. The summed E-state index contributed by atoms with van der Waals surface area (Å²) in [5.41, 5.74) is 5.30. The normalized spacial score (nSPS) is 10.9. The molecule has 7 nitrogen and oxygen atoms in total. The molecule has 0 spiro atoms. The molecule has 0 atom stereocenters. The van der Waals surface area contributed by atoms with Gasteiger partial charge >= 0.3 is 11.9 Å². The van der Waals surface area contributed by atoms with E-state index in [1.54, 1.807) is 13.0 Å². The molecular weight excluding hydrogens is 694 g/mol. The second kappa shape index (κ2) is 23.6. The Balaban J connectivity index is 0.000000319. The van der Waals surface area contributed by atoms with E-state index in [-0.39, 0.29) is 23.1 Å². The molecule has 4 rings (SSSR count). The summed E-state index contributed by atoms with van der Waals surface area (Å²) in [4.78, 5) is 47.3. The minimum atomic E-state index is -0.470. The highest BCUT2D eigenvalue weighted by Crippen LogP contribution is 2.24. The van der Waals surface area contributed by atoms with E-state index in [1.807, 2.05) is 90.9 Å². The average Bonchev–Trinajstić information content (AvgIpc) is 3.11. The number of carbonyl (C=O) groups is 4. The van der Waals surface area contributed by atoms with Crippen LogP contribution in [0.25, 0.3) is 0 Å². The Kier molecular flexibility index (Phi) is 19.8. The van der Waals surface area contributed by atoms with E-state index in [1.165, 1.54) is 17.7 Å². The van der Waals surface area contributed by atoms with Crippen LogP contribution in [0.4, 0.5) is 10.1 Å². The number of rotatable bonds is 15. The van der Waals surface area contributed by atoms with E-state index in [4.69, 9.17) is 9.47 Å². The number of unbranched alkanes of at least 4 members (excludes halogenated alkanes) is 2. The Bertz CT molecular complexity index is 1760. The van der Waals surface area contributed by atoms with E-state index >= 15 is 0 Å². The largest absolute Gasteiger partial charge is 0.460 e. The molecule has 0 radical (unpaired) electrons. The number of nitrogens with zero attached hydrogens (tertiary/aromatic N) is 1. The van der Waals surface area contributed by atoms with Crippen LogP contribution >= 0.6 is 0 Å². The maximum Gasteiger partial charge on any atom is 0.306 e. The predicted molar refractivity (Wildman–Crippen MR) is 220 cm³/mol. The summed E-state index contributed by atoms with van der Waals surface area (Å²) in [6.07, 6.45) is 7.16. The maximum atomic E-state index is 12.6. The summed E-state index contributed by atoms with van der Waals surface area (Å²) < 4.78 is 23.3. The molecule has 0 aromatic heterocycles. The molecule has 4 aromatic rings. The molecule has 8 heteroatoms. The number of esters is 2. The van der Waals surface area contributed by atoms with Crippen LogP contribution < -0.4 is 4.90 Å². The van der Waals surface area contributed by atoms with E-state index in [9.17, 15) is 23.6 Å². The van der Waals surface area contributed by atoms with Gasteiger partial charge in [0.05, 0.1) is 5.56 Å². The smallest absolute Gasteiger partial charge is 0.306 e. The summed E-state index contributed by atoms with van der Waals surface area (Å²) in [5.74, 6) is -0.723. The lowest BCUT2D eigenvalue weighted by Gasteiger charge is -2.27. The molecule has 0 aliphatic carbocycles. The van der Waals surface area contributed by atoms with Gasteiger partial charge in [-0.15, -0.1) is 0 Å². The third-order valence-electron chi connectivity index (χ3n) is 7.99. The third kappa shape index (κ3) is 20.2. The zero-order chi connectivity index (χ0) is 40.9. The highest BCUT2D eigenvalue weighted by molar-refractivity contribution is 5.85. The summed E-state index contributed by atoms with van der Waals surface area (Å²) in [6, 6.07) is 30.9. The zero-order valence-electron chi connectivity index (χ0n) is 34.0. The molecule has 0 unspecified atom stereocenters. The molecule has 55 heavy (non-hydrogen) atoms. The van der Waals surface area contributed by atoms with Crippen molar-refractivity contribution in [3.05, 3.63) is 136 Å². The van der Waals surface area contributed by atoms with Gasteiger partial charge in [-0.2, -0.15) is 0 Å². The van der Waals surface area contributed by atoms with Gasteiger partial charge in [0.15, 0.2) is 12.6 Å². The minimum Gasteiger partial charge on any atom is -0.460 e. The lowest BCUT2D eigenvalue weighted by Crippen LogP contribution is -2.27. The maximum absolute atomic E-state index is 12.6. The van der Waals surface area contributed by atoms with Gasteiger partial charge in [-0.3, -0.25) is 19.2 Å². The number of ether oxygens (including phenoxy) is 2.